The van der Waals surface area contributed by atoms with Crippen LogP contribution in [0.5, 0.6) is 0 Å². The predicted molar refractivity (Wildman–Crippen MR) is 79.9 cm³/mol. The van der Waals surface area contributed by atoms with Crippen molar-refractivity contribution in [1.82, 2.24) is 9.71 Å². The summed E-state index contributed by atoms with van der Waals surface area (Å²) in [6, 6.07) is 15.3. The number of nitrogens with zero attached hydrogens (tertiary/aromatic N) is 1. The van der Waals surface area contributed by atoms with Crippen molar-refractivity contribution in [3.05, 3.63) is 66.0 Å². The Labute approximate surface area is 119 Å². The summed E-state index contributed by atoms with van der Waals surface area (Å²) in [5.74, 6) is 0.0683. The second-order valence-electron chi connectivity index (χ2n) is 4.52. The number of aromatic nitrogens is 1. The molecule has 5 heteroatoms. The Morgan fingerprint density at radius 1 is 0.950 bits per heavy atom. The molecule has 1 aromatic heterocycles. The summed E-state index contributed by atoms with van der Waals surface area (Å²) < 4.78 is 26.3. The molecule has 0 fully saturated rings. The zero-order valence-corrected chi connectivity index (χ0v) is 12.0. The van der Waals surface area contributed by atoms with Gasteiger partial charge < -0.3 is 0 Å². The highest BCUT2D eigenvalue weighted by Crippen LogP contribution is 2.00. The number of nitrogens with one attached hydrogen (secondary N) is 1. The Morgan fingerprint density at radius 3 is 2.40 bits per heavy atom. The minimum Gasteiger partial charge on any atom is -0.261 e. The first kappa shape index (κ1) is 14.7. The predicted octanol–water partition coefficient (Wildman–Crippen LogP) is 1.79. The topological polar surface area (TPSA) is 59.1 Å². The van der Waals surface area contributed by atoms with Crippen LogP contribution in [0.15, 0.2) is 54.7 Å². The molecular weight excluding hydrogens is 272 g/mol. The van der Waals surface area contributed by atoms with Gasteiger partial charge in [-0.05, 0) is 24.1 Å². The van der Waals surface area contributed by atoms with E-state index in [9.17, 15) is 8.42 Å². The summed E-state index contributed by atoms with van der Waals surface area (Å²) in [5.41, 5.74) is 1.92. The van der Waals surface area contributed by atoms with Gasteiger partial charge in [-0.2, -0.15) is 0 Å². The average Bonchev–Trinajstić information content (AvgIpc) is 2.47. The number of pyridine rings is 1. The number of benzene rings is 1. The van der Waals surface area contributed by atoms with Crippen LogP contribution in [-0.4, -0.2) is 25.7 Å². The fourth-order valence-electron chi connectivity index (χ4n) is 1.85. The Kier molecular flexibility index (Phi) is 5.26. The van der Waals surface area contributed by atoms with Crippen molar-refractivity contribution in [2.45, 2.75) is 12.8 Å². The molecule has 0 amide bonds. The zero-order valence-electron chi connectivity index (χ0n) is 11.2. The second kappa shape index (κ2) is 7.17. The molecule has 1 heterocycles. The summed E-state index contributed by atoms with van der Waals surface area (Å²) in [5, 5.41) is 0. The number of sulfonamides is 1. The quantitative estimate of drug-likeness (QED) is 0.845. The number of rotatable bonds is 7. The minimum atomic E-state index is -3.24. The van der Waals surface area contributed by atoms with Crippen molar-refractivity contribution in [3.8, 4) is 0 Å². The van der Waals surface area contributed by atoms with Crippen LogP contribution in [0.4, 0.5) is 0 Å². The van der Waals surface area contributed by atoms with Crippen LogP contribution < -0.4 is 4.72 Å². The molecule has 0 aliphatic carbocycles. The van der Waals surface area contributed by atoms with E-state index >= 15 is 0 Å². The maximum Gasteiger partial charge on any atom is 0.211 e. The van der Waals surface area contributed by atoms with E-state index in [2.05, 4.69) is 9.71 Å². The summed E-state index contributed by atoms with van der Waals surface area (Å²) >= 11 is 0. The maximum absolute atomic E-state index is 11.9. The van der Waals surface area contributed by atoms with Crippen molar-refractivity contribution >= 4 is 10.0 Å². The van der Waals surface area contributed by atoms with Crippen molar-refractivity contribution in [1.29, 1.82) is 0 Å². The first-order valence-corrected chi connectivity index (χ1v) is 8.22. The molecule has 0 aliphatic rings. The fourth-order valence-corrected chi connectivity index (χ4v) is 2.89. The van der Waals surface area contributed by atoms with E-state index in [-0.39, 0.29) is 5.75 Å². The third kappa shape index (κ3) is 5.11. The number of hydrogen-bond donors (Lipinski definition) is 1. The van der Waals surface area contributed by atoms with Crippen LogP contribution in [0.1, 0.15) is 11.3 Å². The van der Waals surface area contributed by atoms with Gasteiger partial charge in [0.25, 0.3) is 0 Å². The van der Waals surface area contributed by atoms with E-state index in [0.717, 1.165) is 11.3 Å². The molecule has 4 nitrogen and oxygen atoms in total. The molecular formula is C15H18N2O2S. The smallest absolute Gasteiger partial charge is 0.211 e. The van der Waals surface area contributed by atoms with Crippen molar-refractivity contribution in [2.24, 2.45) is 0 Å². The number of aryl methyl sites for hydroxylation is 1. The molecule has 106 valence electrons. The van der Waals surface area contributed by atoms with Gasteiger partial charge in [0.1, 0.15) is 0 Å². The van der Waals surface area contributed by atoms with Gasteiger partial charge in [-0.1, -0.05) is 36.4 Å². The van der Waals surface area contributed by atoms with Gasteiger partial charge in [0.15, 0.2) is 0 Å². The third-order valence-electron chi connectivity index (χ3n) is 2.93. The van der Waals surface area contributed by atoms with Crippen LogP contribution in [0, 0.1) is 0 Å². The molecule has 0 aliphatic heterocycles. The highest BCUT2D eigenvalue weighted by Gasteiger charge is 2.10. The molecule has 1 N–H and O–H groups in total. The van der Waals surface area contributed by atoms with Gasteiger partial charge in [0.05, 0.1) is 5.75 Å². The Balaban J connectivity index is 1.77. The summed E-state index contributed by atoms with van der Waals surface area (Å²) in [6.45, 7) is 0.425. The van der Waals surface area contributed by atoms with Gasteiger partial charge in [-0.3, -0.25) is 4.98 Å². The van der Waals surface area contributed by atoms with Crippen LogP contribution in [0.3, 0.4) is 0 Å². The van der Waals surface area contributed by atoms with Crippen LogP contribution in [0.2, 0.25) is 0 Å². The van der Waals surface area contributed by atoms with E-state index in [0.29, 0.717) is 19.4 Å². The molecule has 1 aromatic carbocycles. The monoisotopic (exact) mass is 290 g/mol. The third-order valence-corrected chi connectivity index (χ3v) is 4.32. The first-order valence-electron chi connectivity index (χ1n) is 6.57. The molecule has 0 atom stereocenters. The van der Waals surface area contributed by atoms with Gasteiger partial charge in [-0.25, -0.2) is 13.1 Å². The molecule has 0 spiro atoms. The Bertz CT molecular complexity index is 613. The SMILES string of the molecule is O=S(=O)(CCc1ccccn1)NCCc1ccccc1. The minimum absolute atomic E-state index is 0.0683. The summed E-state index contributed by atoms with van der Waals surface area (Å²) in [6.07, 6.45) is 2.80. The van der Waals surface area contributed by atoms with E-state index in [4.69, 9.17) is 0 Å². The molecule has 0 unspecified atom stereocenters. The second-order valence-corrected chi connectivity index (χ2v) is 6.45. The van der Waals surface area contributed by atoms with Crippen molar-refractivity contribution in [3.63, 3.8) is 0 Å². The molecule has 0 bridgehead atoms. The molecule has 0 radical (unpaired) electrons. The molecule has 2 aromatic rings. The first-order chi connectivity index (χ1) is 9.66. The van der Waals surface area contributed by atoms with Gasteiger partial charge in [0, 0.05) is 24.9 Å². The van der Waals surface area contributed by atoms with Crippen LogP contribution >= 0.6 is 0 Å². The Morgan fingerprint density at radius 2 is 1.70 bits per heavy atom. The highest BCUT2D eigenvalue weighted by molar-refractivity contribution is 7.89. The fraction of sp³-hybridized carbons (Fsp3) is 0.267. The lowest BCUT2D eigenvalue weighted by Gasteiger charge is -2.06. The molecule has 0 saturated heterocycles. The van der Waals surface area contributed by atoms with Gasteiger partial charge >= 0.3 is 0 Å². The standard InChI is InChI=1S/C15H18N2O2S/c18-20(19,13-10-15-8-4-5-11-16-15)17-12-9-14-6-2-1-3-7-14/h1-8,11,17H,9-10,12-13H2. The maximum atomic E-state index is 11.9. The van der Waals surface area contributed by atoms with Crippen molar-refractivity contribution in [2.75, 3.05) is 12.3 Å². The lowest BCUT2D eigenvalue weighted by atomic mass is 10.2. The van der Waals surface area contributed by atoms with Gasteiger partial charge in [-0.15, -0.1) is 0 Å². The molecule has 0 saturated carbocycles. The lowest BCUT2D eigenvalue weighted by Crippen LogP contribution is -2.29. The average molecular weight is 290 g/mol. The van der Waals surface area contributed by atoms with Crippen LogP contribution in [-0.2, 0) is 22.9 Å². The molecule has 2 rings (SSSR count). The lowest BCUT2D eigenvalue weighted by molar-refractivity contribution is 0.580. The van der Waals surface area contributed by atoms with E-state index < -0.39 is 10.0 Å². The van der Waals surface area contributed by atoms with Crippen molar-refractivity contribution < 1.29 is 8.42 Å². The zero-order chi connectivity index (χ0) is 14.3. The number of hydrogen-bond acceptors (Lipinski definition) is 3. The summed E-state index contributed by atoms with van der Waals surface area (Å²) in [7, 11) is -3.24. The normalized spacial score (nSPS) is 11.4. The molecule has 20 heavy (non-hydrogen) atoms. The van der Waals surface area contributed by atoms with E-state index in [1.54, 1.807) is 6.20 Å². The Hall–Kier alpha value is -1.72. The largest absolute Gasteiger partial charge is 0.261 e. The van der Waals surface area contributed by atoms with E-state index in [1.807, 2.05) is 48.5 Å². The van der Waals surface area contributed by atoms with Crippen LogP contribution in [0.25, 0.3) is 0 Å². The van der Waals surface area contributed by atoms with Gasteiger partial charge in [0.2, 0.25) is 10.0 Å². The van der Waals surface area contributed by atoms with E-state index in [1.165, 1.54) is 0 Å². The highest BCUT2D eigenvalue weighted by atomic mass is 32.2. The summed E-state index contributed by atoms with van der Waals surface area (Å²) in [4.78, 5) is 4.12.